The Labute approximate surface area is 211 Å². The van der Waals surface area contributed by atoms with Gasteiger partial charge in [0, 0.05) is 22.9 Å². The number of hydrogen-bond acceptors (Lipinski definition) is 6. The lowest BCUT2D eigenvalue weighted by Crippen LogP contribution is -2.48. The molecule has 2 aromatic carbocycles. The summed E-state index contributed by atoms with van der Waals surface area (Å²) in [6.07, 6.45) is 2.15. The monoisotopic (exact) mass is 517 g/mol. The maximum atomic E-state index is 12.4. The summed E-state index contributed by atoms with van der Waals surface area (Å²) < 4.78 is 6.09. The van der Waals surface area contributed by atoms with Crippen molar-refractivity contribution >= 4 is 68.1 Å². The van der Waals surface area contributed by atoms with E-state index in [0.717, 1.165) is 22.9 Å². The van der Waals surface area contributed by atoms with Crippen LogP contribution >= 0.6 is 35.2 Å². The van der Waals surface area contributed by atoms with Crippen molar-refractivity contribution in [1.29, 1.82) is 0 Å². The fourth-order valence-electron chi connectivity index (χ4n) is 3.12. The van der Waals surface area contributed by atoms with Crippen LogP contribution in [0.3, 0.4) is 0 Å². The van der Waals surface area contributed by atoms with Gasteiger partial charge in [-0.15, -0.1) is 11.3 Å². The second-order valence-corrected chi connectivity index (χ2v) is 9.20. The number of thiophene rings is 1. The van der Waals surface area contributed by atoms with Crippen LogP contribution in [0.4, 0.5) is 0 Å². The van der Waals surface area contributed by atoms with Crippen molar-refractivity contribution in [3.63, 3.8) is 0 Å². The van der Waals surface area contributed by atoms with Gasteiger partial charge in [-0.2, -0.15) is 0 Å². The number of aryl methyl sites for hydroxylation is 1. The quantitative estimate of drug-likeness (QED) is 0.167. The summed E-state index contributed by atoms with van der Waals surface area (Å²) >= 11 is 12.6. The Morgan fingerprint density at radius 1 is 0.941 bits per heavy atom. The molecular formula is C24H24ClN3O4S2. The van der Waals surface area contributed by atoms with Crippen molar-refractivity contribution in [2.45, 2.75) is 32.1 Å². The van der Waals surface area contributed by atoms with Gasteiger partial charge < -0.3 is 10.1 Å². The molecular weight excluding hydrogens is 494 g/mol. The van der Waals surface area contributed by atoms with Crippen LogP contribution < -0.4 is 16.2 Å². The summed E-state index contributed by atoms with van der Waals surface area (Å²) in [5.74, 6) is -1.17. The molecule has 3 N–H and O–H groups in total. The minimum atomic E-state index is -0.460. The van der Waals surface area contributed by atoms with Gasteiger partial charge in [0.1, 0.15) is 4.88 Å². The topological polar surface area (TPSA) is 96.5 Å². The molecule has 0 aliphatic carbocycles. The first kappa shape index (κ1) is 25.6. The van der Waals surface area contributed by atoms with Crippen molar-refractivity contribution in [2.75, 3.05) is 6.61 Å². The van der Waals surface area contributed by atoms with Crippen LogP contribution in [0.15, 0.2) is 54.6 Å². The van der Waals surface area contributed by atoms with E-state index in [9.17, 15) is 14.4 Å². The Kier molecular flexibility index (Phi) is 9.81. The van der Waals surface area contributed by atoms with Crippen LogP contribution in [0.2, 0.25) is 5.02 Å². The van der Waals surface area contributed by atoms with Crippen LogP contribution in [-0.2, 0) is 20.7 Å². The Bertz CT molecular complexity index is 1170. The maximum absolute atomic E-state index is 12.4. The van der Waals surface area contributed by atoms with Crippen LogP contribution in [0.25, 0.3) is 10.1 Å². The predicted molar refractivity (Wildman–Crippen MR) is 138 cm³/mol. The third-order valence-electron chi connectivity index (χ3n) is 4.78. The van der Waals surface area contributed by atoms with E-state index in [-0.39, 0.29) is 29.8 Å². The molecule has 0 fully saturated rings. The third-order valence-corrected chi connectivity index (χ3v) is 6.66. The Balaban J connectivity index is 1.28. The minimum absolute atomic E-state index is 0.0564. The van der Waals surface area contributed by atoms with E-state index in [1.165, 1.54) is 16.9 Å². The molecule has 2 amide bonds. The summed E-state index contributed by atoms with van der Waals surface area (Å²) in [7, 11) is 0. The Morgan fingerprint density at radius 2 is 1.68 bits per heavy atom. The molecule has 0 aliphatic heterocycles. The summed E-state index contributed by atoms with van der Waals surface area (Å²) in [5, 5.41) is 3.56. The van der Waals surface area contributed by atoms with Crippen molar-refractivity contribution in [2.24, 2.45) is 0 Å². The SMILES string of the molecule is O=C(CCCC(=O)OCCCc1ccccc1)NC(=S)NNC(=O)c1sc2ccccc2c1Cl. The predicted octanol–water partition coefficient (Wildman–Crippen LogP) is 4.54. The normalized spacial score (nSPS) is 10.5. The molecule has 1 heterocycles. The summed E-state index contributed by atoms with van der Waals surface area (Å²) in [6, 6.07) is 17.4. The summed E-state index contributed by atoms with van der Waals surface area (Å²) in [5.41, 5.74) is 6.11. The van der Waals surface area contributed by atoms with Crippen molar-refractivity contribution in [3.05, 3.63) is 70.1 Å². The van der Waals surface area contributed by atoms with E-state index in [1.54, 1.807) is 0 Å². The Morgan fingerprint density at radius 3 is 2.44 bits per heavy atom. The molecule has 0 radical (unpaired) electrons. The van der Waals surface area contributed by atoms with E-state index >= 15 is 0 Å². The first-order valence-corrected chi connectivity index (χ1v) is 12.3. The lowest BCUT2D eigenvalue weighted by Gasteiger charge is -2.10. The van der Waals surface area contributed by atoms with Crippen LogP contribution in [0.5, 0.6) is 0 Å². The highest BCUT2D eigenvalue weighted by Crippen LogP contribution is 2.34. The van der Waals surface area contributed by atoms with Gasteiger partial charge in [0.25, 0.3) is 5.91 Å². The number of amides is 2. The van der Waals surface area contributed by atoms with Gasteiger partial charge in [-0.1, -0.05) is 60.1 Å². The molecule has 10 heteroatoms. The van der Waals surface area contributed by atoms with E-state index in [1.807, 2.05) is 54.6 Å². The van der Waals surface area contributed by atoms with Crippen LogP contribution in [0, 0.1) is 0 Å². The number of carbonyl (C=O) groups is 3. The molecule has 0 atom stereocenters. The number of esters is 1. The number of fused-ring (bicyclic) bond motifs is 1. The number of carbonyl (C=O) groups excluding carboxylic acids is 3. The Hall–Kier alpha value is -3.01. The number of benzene rings is 2. The molecule has 0 aliphatic rings. The molecule has 7 nitrogen and oxygen atoms in total. The molecule has 34 heavy (non-hydrogen) atoms. The highest BCUT2D eigenvalue weighted by atomic mass is 35.5. The number of rotatable bonds is 9. The lowest BCUT2D eigenvalue weighted by atomic mass is 10.1. The van der Waals surface area contributed by atoms with E-state index in [0.29, 0.717) is 22.9 Å². The molecule has 0 bridgehead atoms. The summed E-state index contributed by atoms with van der Waals surface area (Å²) in [4.78, 5) is 36.6. The lowest BCUT2D eigenvalue weighted by molar-refractivity contribution is -0.143. The van der Waals surface area contributed by atoms with Gasteiger partial charge in [0.05, 0.1) is 11.6 Å². The van der Waals surface area contributed by atoms with Gasteiger partial charge in [0.15, 0.2) is 5.11 Å². The highest BCUT2D eigenvalue weighted by Gasteiger charge is 2.17. The zero-order valence-corrected chi connectivity index (χ0v) is 20.7. The number of nitrogens with one attached hydrogen (secondary N) is 3. The zero-order chi connectivity index (χ0) is 24.3. The molecule has 0 spiro atoms. The fourth-order valence-corrected chi connectivity index (χ4v) is 4.70. The van der Waals surface area contributed by atoms with E-state index in [4.69, 9.17) is 28.6 Å². The molecule has 0 saturated carbocycles. The van der Waals surface area contributed by atoms with E-state index in [2.05, 4.69) is 16.2 Å². The van der Waals surface area contributed by atoms with Gasteiger partial charge in [-0.3, -0.25) is 25.2 Å². The number of hydrogen-bond donors (Lipinski definition) is 3. The van der Waals surface area contributed by atoms with Gasteiger partial charge in [-0.05, 0) is 43.1 Å². The second kappa shape index (κ2) is 13.0. The van der Waals surface area contributed by atoms with E-state index < -0.39 is 5.91 Å². The standard InChI is InChI=1S/C24H24ClN3O4S2/c25-21-17-11-4-5-12-18(17)34-22(21)23(31)27-28-24(33)26-19(29)13-6-14-20(30)32-15-7-10-16-8-2-1-3-9-16/h1-5,8-9,11-12H,6-7,10,13-15H2,(H,27,31)(H2,26,28,29,33). The second-order valence-electron chi connectivity index (χ2n) is 7.36. The average molecular weight is 518 g/mol. The molecule has 0 saturated heterocycles. The zero-order valence-electron chi connectivity index (χ0n) is 18.3. The largest absolute Gasteiger partial charge is 0.466 e. The fraction of sp³-hybridized carbons (Fsp3) is 0.250. The van der Waals surface area contributed by atoms with Gasteiger partial charge in [0.2, 0.25) is 5.91 Å². The number of thiocarbonyl (C=S) groups is 1. The summed E-state index contributed by atoms with van der Waals surface area (Å²) in [6.45, 7) is 0.345. The molecule has 3 rings (SSSR count). The molecule has 0 unspecified atom stereocenters. The number of halogens is 1. The smallest absolute Gasteiger partial charge is 0.305 e. The molecule has 178 valence electrons. The number of hydrazine groups is 1. The maximum Gasteiger partial charge on any atom is 0.305 e. The minimum Gasteiger partial charge on any atom is -0.466 e. The first-order valence-electron chi connectivity index (χ1n) is 10.7. The third kappa shape index (κ3) is 7.79. The van der Waals surface area contributed by atoms with Crippen molar-refractivity contribution < 1.29 is 19.1 Å². The average Bonchev–Trinajstić information content (AvgIpc) is 3.17. The van der Waals surface area contributed by atoms with Crippen molar-refractivity contribution in [3.8, 4) is 0 Å². The molecule has 3 aromatic rings. The first-order chi connectivity index (χ1) is 16.4. The highest BCUT2D eigenvalue weighted by molar-refractivity contribution is 7.80. The number of ether oxygens (including phenoxy) is 1. The van der Waals surface area contributed by atoms with Crippen LogP contribution in [0.1, 0.15) is 40.9 Å². The van der Waals surface area contributed by atoms with Gasteiger partial charge >= 0.3 is 5.97 Å². The van der Waals surface area contributed by atoms with Crippen LogP contribution in [-0.4, -0.2) is 29.5 Å². The van der Waals surface area contributed by atoms with Crippen molar-refractivity contribution in [1.82, 2.24) is 16.2 Å². The molecule has 1 aromatic heterocycles. The van der Waals surface area contributed by atoms with Gasteiger partial charge in [-0.25, -0.2) is 0 Å².